The van der Waals surface area contributed by atoms with Crippen LogP contribution in [0.15, 0.2) is 12.2 Å². The molecule has 3 heteroatoms. The van der Waals surface area contributed by atoms with E-state index in [0.29, 0.717) is 12.2 Å². The second-order valence-corrected chi connectivity index (χ2v) is 9.54. The molecule has 0 spiro atoms. The van der Waals surface area contributed by atoms with E-state index in [9.17, 15) is 4.79 Å². The van der Waals surface area contributed by atoms with Gasteiger partial charge in [-0.1, -0.05) is 135 Å². The highest BCUT2D eigenvalue weighted by atomic mass is 16.2. The number of carbonyl (C=O) groups excluding carboxylic acids is 1. The lowest BCUT2D eigenvalue weighted by atomic mass is 10.0. The SMILES string of the molecule is C=C(C)C(=O)NCCCCCCCCCCCCCCCCCCCCCCCCO. The normalized spacial score (nSPS) is 11.0. The fourth-order valence-corrected chi connectivity index (χ4v) is 4.13. The van der Waals surface area contributed by atoms with Gasteiger partial charge in [0.15, 0.2) is 0 Å². The Labute approximate surface area is 194 Å². The molecule has 0 aliphatic carbocycles. The Hall–Kier alpha value is -0.830. The summed E-state index contributed by atoms with van der Waals surface area (Å²) in [5, 5.41) is 11.7. The van der Waals surface area contributed by atoms with E-state index < -0.39 is 0 Å². The van der Waals surface area contributed by atoms with E-state index in [1.54, 1.807) is 6.92 Å². The summed E-state index contributed by atoms with van der Waals surface area (Å²) in [5.74, 6) is -0.00660. The highest BCUT2D eigenvalue weighted by Gasteiger charge is 1.99. The molecule has 0 saturated carbocycles. The molecule has 0 bridgehead atoms. The summed E-state index contributed by atoms with van der Waals surface area (Å²) in [6.45, 7) is 6.56. The lowest BCUT2D eigenvalue weighted by Gasteiger charge is -2.05. The van der Waals surface area contributed by atoms with Crippen LogP contribution in [0.4, 0.5) is 0 Å². The van der Waals surface area contributed by atoms with Gasteiger partial charge in [-0.3, -0.25) is 4.79 Å². The second kappa shape index (κ2) is 25.4. The molecule has 0 aromatic rings. The molecule has 0 atom stereocenters. The van der Waals surface area contributed by atoms with E-state index in [1.165, 1.54) is 128 Å². The van der Waals surface area contributed by atoms with Gasteiger partial charge in [-0.2, -0.15) is 0 Å². The van der Waals surface area contributed by atoms with Crippen LogP contribution in [-0.4, -0.2) is 24.2 Å². The van der Waals surface area contributed by atoms with Crippen molar-refractivity contribution >= 4 is 5.91 Å². The quantitative estimate of drug-likeness (QED) is 0.111. The monoisotopic (exact) mass is 437 g/mol. The van der Waals surface area contributed by atoms with Crippen LogP contribution < -0.4 is 5.32 Å². The van der Waals surface area contributed by atoms with Gasteiger partial charge in [0.25, 0.3) is 0 Å². The summed E-state index contributed by atoms with van der Waals surface area (Å²) in [6.07, 6.45) is 29.7. The van der Waals surface area contributed by atoms with Crippen molar-refractivity contribution in [2.24, 2.45) is 0 Å². The molecule has 0 aliphatic heterocycles. The number of unbranched alkanes of at least 4 members (excludes halogenated alkanes) is 21. The van der Waals surface area contributed by atoms with Gasteiger partial charge in [0, 0.05) is 18.7 Å². The molecule has 3 nitrogen and oxygen atoms in total. The Morgan fingerprint density at radius 2 is 0.806 bits per heavy atom. The Morgan fingerprint density at radius 1 is 0.548 bits per heavy atom. The molecule has 0 heterocycles. The van der Waals surface area contributed by atoms with Gasteiger partial charge < -0.3 is 10.4 Å². The van der Waals surface area contributed by atoms with Crippen molar-refractivity contribution in [3.63, 3.8) is 0 Å². The minimum Gasteiger partial charge on any atom is -0.396 e. The molecule has 0 fully saturated rings. The molecule has 2 N–H and O–H groups in total. The fraction of sp³-hybridized carbons (Fsp3) is 0.893. The van der Waals surface area contributed by atoms with Crippen molar-refractivity contribution in [1.29, 1.82) is 0 Å². The smallest absolute Gasteiger partial charge is 0.246 e. The maximum absolute atomic E-state index is 11.4. The lowest BCUT2D eigenvalue weighted by Crippen LogP contribution is -2.24. The van der Waals surface area contributed by atoms with Gasteiger partial charge >= 0.3 is 0 Å². The number of hydrogen-bond donors (Lipinski definition) is 2. The molecule has 0 aliphatic rings. The summed E-state index contributed by atoms with van der Waals surface area (Å²) in [5.41, 5.74) is 0.601. The topological polar surface area (TPSA) is 49.3 Å². The van der Waals surface area contributed by atoms with Crippen LogP contribution in [-0.2, 0) is 4.79 Å². The Bertz CT molecular complexity index is 394. The van der Waals surface area contributed by atoms with Crippen LogP contribution in [0.25, 0.3) is 0 Å². The molecular weight excluding hydrogens is 382 g/mol. The van der Waals surface area contributed by atoms with E-state index in [4.69, 9.17) is 5.11 Å². The average Bonchev–Trinajstić information content (AvgIpc) is 2.76. The first-order chi connectivity index (χ1) is 15.2. The van der Waals surface area contributed by atoms with Crippen molar-refractivity contribution in [1.82, 2.24) is 5.32 Å². The Kier molecular flexibility index (Phi) is 24.7. The minimum absolute atomic E-state index is 0.00660. The third-order valence-electron chi connectivity index (χ3n) is 6.26. The van der Waals surface area contributed by atoms with Gasteiger partial charge in [0.2, 0.25) is 5.91 Å². The molecule has 0 radical (unpaired) electrons. The minimum atomic E-state index is -0.00660. The zero-order valence-electron chi connectivity index (χ0n) is 21.0. The van der Waals surface area contributed by atoms with Gasteiger partial charge in [-0.25, -0.2) is 0 Å². The van der Waals surface area contributed by atoms with E-state index in [2.05, 4.69) is 11.9 Å². The highest BCUT2D eigenvalue weighted by molar-refractivity contribution is 5.91. The standard InChI is InChI=1S/C28H55NO2/c1-27(2)28(31)29-25-23-21-19-17-15-13-11-9-7-5-3-4-6-8-10-12-14-16-18-20-22-24-26-30/h30H,1,3-26H2,2H3,(H,29,31). The van der Waals surface area contributed by atoms with Crippen molar-refractivity contribution < 1.29 is 9.90 Å². The molecule has 0 unspecified atom stereocenters. The summed E-state index contributed by atoms with van der Waals surface area (Å²) < 4.78 is 0. The summed E-state index contributed by atoms with van der Waals surface area (Å²) in [4.78, 5) is 11.4. The van der Waals surface area contributed by atoms with Crippen LogP contribution in [0.1, 0.15) is 148 Å². The van der Waals surface area contributed by atoms with Gasteiger partial charge in [0.05, 0.1) is 0 Å². The van der Waals surface area contributed by atoms with Crippen LogP contribution in [0.5, 0.6) is 0 Å². The fourth-order valence-electron chi connectivity index (χ4n) is 4.13. The van der Waals surface area contributed by atoms with Gasteiger partial charge in [-0.15, -0.1) is 0 Å². The van der Waals surface area contributed by atoms with Gasteiger partial charge in [0.1, 0.15) is 0 Å². The highest BCUT2D eigenvalue weighted by Crippen LogP contribution is 2.15. The molecule has 31 heavy (non-hydrogen) atoms. The number of hydrogen-bond acceptors (Lipinski definition) is 2. The summed E-state index contributed by atoms with van der Waals surface area (Å²) in [6, 6.07) is 0. The zero-order valence-corrected chi connectivity index (χ0v) is 21.0. The second-order valence-electron chi connectivity index (χ2n) is 9.54. The molecule has 184 valence electrons. The number of carbonyl (C=O) groups is 1. The largest absolute Gasteiger partial charge is 0.396 e. The predicted molar refractivity (Wildman–Crippen MR) is 136 cm³/mol. The number of nitrogens with one attached hydrogen (secondary N) is 1. The first kappa shape index (κ1) is 30.2. The lowest BCUT2D eigenvalue weighted by molar-refractivity contribution is -0.117. The first-order valence-corrected chi connectivity index (χ1v) is 13.7. The van der Waals surface area contributed by atoms with Crippen LogP contribution >= 0.6 is 0 Å². The Morgan fingerprint density at radius 3 is 1.06 bits per heavy atom. The van der Waals surface area contributed by atoms with Crippen molar-refractivity contribution in [3.05, 3.63) is 12.2 Å². The van der Waals surface area contributed by atoms with E-state index in [-0.39, 0.29) is 5.91 Å². The number of aliphatic hydroxyl groups is 1. The molecule has 0 aromatic heterocycles. The summed E-state index contributed by atoms with van der Waals surface area (Å²) in [7, 11) is 0. The van der Waals surface area contributed by atoms with Crippen LogP contribution in [0, 0.1) is 0 Å². The predicted octanol–water partition coefficient (Wildman–Crippen LogP) is 8.25. The molecule has 0 aromatic carbocycles. The maximum atomic E-state index is 11.4. The van der Waals surface area contributed by atoms with Crippen LogP contribution in [0.3, 0.4) is 0 Å². The van der Waals surface area contributed by atoms with E-state index in [0.717, 1.165) is 19.4 Å². The number of rotatable bonds is 25. The van der Waals surface area contributed by atoms with Crippen molar-refractivity contribution in [2.45, 2.75) is 148 Å². The zero-order chi connectivity index (χ0) is 22.8. The molecule has 0 saturated heterocycles. The summed E-state index contributed by atoms with van der Waals surface area (Å²) >= 11 is 0. The number of aliphatic hydroxyl groups excluding tert-OH is 1. The van der Waals surface area contributed by atoms with E-state index in [1.807, 2.05) is 0 Å². The average molecular weight is 438 g/mol. The molecule has 1 amide bonds. The third-order valence-corrected chi connectivity index (χ3v) is 6.26. The molecular formula is C28H55NO2. The van der Waals surface area contributed by atoms with E-state index >= 15 is 0 Å². The Balaban J connectivity index is 3.05. The van der Waals surface area contributed by atoms with Crippen molar-refractivity contribution in [3.8, 4) is 0 Å². The van der Waals surface area contributed by atoms with Gasteiger partial charge in [-0.05, 0) is 19.8 Å². The van der Waals surface area contributed by atoms with Crippen LogP contribution in [0.2, 0.25) is 0 Å². The first-order valence-electron chi connectivity index (χ1n) is 13.7. The third kappa shape index (κ3) is 25.3. The maximum Gasteiger partial charge on any atom is 0.246 e. The van der Waals surface area contributed by atoms with Crippen molar-refractivity contribution in [2.75, 3.05) is 13.2 Å². The molecule has 0 rings (SSSR count). The number of amides is 1.